The summed E-state index contributed by atoms with van der Waals surface area (Å²) in [7, 11) is 0. The molecule has 0 aliphatic rings. The normalized spacial score (nSPS) is 12.7. The van der Waals surface area contributed by atoms with Gasteiger partial charge in [-0.2, -0.15) is 0 Å². The standard InChI is InChI=1S/C53H103NO5/c1-3-5-7-9-11-13-15-17-19-21-25-29-33-37-41-45-51(56)50(49-55)54-52(57)46-42-38-34-30-26-22-20-24-28-32-36-40-44-48-59-53(58)47-43-39-35-31-27-23-18-16-14-12-10-8-6-4-2/h41,45,50-51,55-56H,3-40,42-44,46-49H2,1-2H3,(H,54,57)/b45-41+. The number of unbranched alkanes of at least 4 members (excludes halogenated alkanes) is 38. The van der Waals surface area contributed by atoms with Gasteiger partial charge in [-0.1, -0.05) is 257 Å². The molecule has 0 aromatic rings. The van der Waals surface area contributed by atoms with Crippen molar-refractivity contribution >= 4 is 11.9 Å². The minimum absolute atomic E-state index is 0.00439. The van der Waals surface area contributed by atoms with E-state index in [1.165, 1.54) is 205 Å². The van der Waals surface area contributed by atoms with Crippen molar-refractivity contribution in [3.63, 3.8) is 0 Å². The number of nitrogens with one attached hydrogen (secondary N) is 1. The van der Waals surface area contributed by atoms with E-state index in [0.717, 1.165) is 57.8 Å². The van der Waals surface area contributed by atoms with Gasteiger partial charge in [-0.25, -0.2) is 0 Å². The summed E-state index contributed by atoms with van der Waals surface area (Å²) in [5, 5.41) is 23.1. The Hall–Kier alpha value is -1.40. The van der Waals surface area contributed by atoms with E-state index >= 15 is 0 Å². The number of carbonyl (C=O) groups excluding carboxylic acids is 2. The lowest BCUT2D eigenvalue weighted by Crippen LogP contribution is -2.45. The van der Waals surface area contributed by atoms with Crippen LogP contribution in [0.4, 0.5) is 0 Å². The minimum atomic E-state index is -0.851. The van der Waals surface area contributed by atoms with Crippen LogP contribution in [-0.2, 0) is 14.3 Å². The maximum absolute atomic E-state index is 12.4. The third-order valence-corrected chi connectivity index (χ3v) is 12.3. The number of esters is 1. The Morgan fingerprint density at radius 2 is 0.780 bits per heavy atom. The minimum Gasteiger partial charge on any atom is -0.466 e. The molecule has 0 radical (unpaired) electrons. The number of rotatable bonds is 49. The number of amides is 1. The molecular formula is C53H103NO5. The Labute approximate surface area is 368 Å². The maximum atomic E-state index is 12.4. The second-order valence-electron chi connectivity index (χ2n) is 18.2. The predicted molar refractivity (Wildman–Crippen MR) is 255 cm³/mol. The van der Waals surface area contributed by atoms with Crippen LogP contribution in [0.3, 0.4) is 0 Å². The molecule has 0 heterocycles. The first-order valence-corrected chi connectivity index (χ1v) is 26.5. The molecule has 6 heteroatoms. The summed E-state index contributed by atoms with van der Waals surface area (Å²) >= 11 is 0. The highest BCUT2D eigenvalue weighted by molar-refractivity contribution is 5.76. The molecule has 0 aliphatic heterocycles. The molecule has 0 saturated carbocycles. The van der Waals surface area contributed by atoms with E-state index in [1.807, 2.05) is 6.08 Å². The fraction of sp³-hybridized carbons (Fsp3) is 0.925. The molecule has 0 spiro atoms. The first kappa shape index (κ1) is 57.6. The molecule has 2 atom stereocenters. The van der Waals surface area contributed by atoms with Gasteiger partial charge in [-0.3, -0.25) is 9.59 Å². The predicted octanol–water partition coefficient (Wildman–Crippen LogP) is 15.7. The molecule has 0 saturated heterocycles. The van der Waals surface area contributed by atoms with Crippen LogP contribution in [0, 0.1) is 0 Å². The number of aliphatic hydroxyl groups excluding tert-OH is 2. The summed E-state index contributed by atoms with van der Waals surface area (Å²) in [5.41, 5.74) is 0. The number of ether oxygens (including phenoxy) is 1. The van der Waals surface area contributed by atoms with Crippen LogP contribution in [0.1, 0.15) is 290 Å². The van der Waals surface area contributed by atoms with Crippen LogP contribution in [0.15, 0.2) is 12.2 Å². The Balaban J connectivity index is 3.47. The average Bonchev–Trinajstić information content (AvgIpc) is 3.24. The third kappa shape index (κ3) is 45.9. The topological polar surface area (TPSA) is 95.9 Å². The number of carbonyl (C=O) groups is 2. The zero-order valence-electron chi connectivity index (χ0n) is 39.7. The van der Waals surface area contributed by atoms with Gasteiger partial charge in [0.25, 0.3) is 0 Å². The van der Waals surface area contributed by atoms with Crippen molar-refractivity contribution in [3.8, 4) is 0 Å². The van der Waals surface area contributed by atoms with Crippen molar-refractivity contribution < 1.29 is 24.5 Å². The van der Waals surface area contributed by atoms with Gasteiger partial charge in [0.2, 0.25) is 5.91 Å². The lowest BCUT2D eigenvalue weighted by Gasteiger charge is -2.20. The smallest absolute Gasteiger partial charge is 0.305 e. The van der Waals surface area contributed by atoms with Gasteiger partial charge in [0, 0.05) is 12.8 Å². The fourth-order valence-corrected chi connectivity index (χ4v) is 8.22. The fourth-order valence-electron chi connectivity index (χ4n) is 8.22. The van der Waals surface area contributed by atoms with Crippen LogP contribution in [0.2, 0.25) is 0 Å². The summed E-state index contributed by atoms with van der Waals surface area (Å²) in [6, 6.07) is -0.636. The first-order chi connectivity index (χ1) is 29.0. The van der Waals surface area contributed by atoms with Crippen LogP contribution in [0.25, 0.3) is 0 Å². The van der Waals surface area contributed by atoms with Gasteiger partial charge in [-0.15, -0.1) is 0 Å². The third-order valence-electron chi connectivity index (χ3n) is 12.3. The van der Waals surface area contributed by atoms with Crippen molar-refractivity contribution in [1.82, 2.24) is 5.32 Å². The van der Waals surface area contributed by atoms with Crippen LogP contribution >= 0.6 is 0 Å². The molecule has 2 unspecified atom stereocenters. The second-order valence-corrected chi connectivity index (χ2v) is 18.2. The molecule has 0 aromatic carbocycles. The summed E-state index contributed by atoms with van der Waals surface area (Å²) < 4.78 is 5.46. The van der Waals surface area contributed by atoms with Gasteiger partial charge in [0.15, 0.2) is 0 Å². The second kappa shape index (κ2) is 49.3. The molecule has 0 aliphatic carbocycles. The van der Waals surface area contributed by atoms with E-state index in [9.17, 15) is 19.8 Å². The number of aliphatic hydroxyl groups is 2. The van der Waals surface area contributed by atoms with Gasteiger partial charge in [-0.05, 0) is 32.1 Å². The maximum Gasteiger partial charge on any atom is 0.305 e. The van der Waals surface area contributed by atoms with Crippen molar-refractivity contribution in [3.05, 3.63) is 12.2 Å². The first-order valence-electron chi connectivity index (χ1n) is 26.5. The molecular weight excluding hydrogens is 731 g/mol. The van der Waals surface area contributed by atoms with Gasteiger partial charge < -0.3 is 20.3 Å². The average molecular weight is 834 g/mol. The molecule has 0 bridgehead atoms. The zero-order chi connectivity index (χ0) is 43.0. The highest BCUT2D eigenvalue weighted by Gasteiger charge is 2.18. The summed E-state index contributed by atoms with van der Waals surface area (Å²) in [6.45, 7) is 4.89. The number of hydrogen-bond donors (Lipinski definition) is 3. The van der Waals surface area contributed by atoms with Gasteiger partial charge in [0.05, 0.1) is 25.4 Å². The van der Waals surface area contributed by atoms with E-state index in [1.54, 1.807) is 6.08 Å². The lowest BCUT2D eigenvalue weighted by molar-refractivity contribution is -0.143. The molecule has 0 fully saturated rings. The van der Waals surface area contributed by atoms with E-state index in [0.29, 0.717) is 19.4 Å². The summed E-state index contributed by atoms with van der Waals surface area (Å²) in [5.74, 6) is -0.0836. The molecule has 3 N–H and O–H groups in total. The quantitative estimate of drug-likeness (QED) is 0.0322. The molecule has 0 aromatic heterocycles. The Morgan fingerprint density at radius 1 is 0.458 bits per heavy atom. The lowest BCUT2D eigenvalue weighted by atomic mass is 10.0. The van der Waals surface area contributed by atoms with E-state index in [2.05, 4.69) is 19.2 Å². The van der Waals surface area contributed by atoms with E-state index in [4.69, 9.17) is 4.74 Å². The largest absolute Gasteiger partial charge is 0.466 e. The van der Waals surface area contributed by atoms with Crippen LogP contribution < -0.4 is 5.32 Å². The monoisotopic (exact) mass is 834 g/mol. The van der Waals surface area contributed by atoms with E-state index < -0.39 is 12.1 Å². The molecule has 0 rings (SSSR count). The Kier molecular flexibility index (Phi) is 48.1. The van der Waals surface area contributed by atoms with Crippen molar-refractivity contribution in [2.75, 3.05) is 13.2 Å². The molecule has 6 nitrogen and oxygen atoms in total. The van der Waals surface area contributed by atoms with Crippen LogP contribution in [0.5, 0.6) is 0 Å². The van der Waals surface area contributed by atoms with Gasteiger partial charge >= 0.3 is 5.97 Å². The Morgan fingerprint density at radius 3 is 1.15 bits per heavy atom. The number of hydrogen-bond acceptors (Lipinski definition) is 5. The molecule has 59 heavy (non-hydrogen) atoms. The SMILES string of the molecule is CCCCCCCCCCCCCCC/C=C/C(O)C(CO)NC(=O)CCCCCCCCCCCCCCCOC(=O)CCCCCCCCCCCCCCCC. The Bertz CT molecular complexity index is 878. The molecule has 350 valence electrons. The summed E-state index contributed by atoms with van der Waals surface area (Å²) in [6.07, 6.45) is 56.4. The highest BCUT2D eigenvalue weighted by Crippen LogP contribution is 2.16. The zero-order valence-corrected chi connectivity index (χ0v) is 39.7. The number of allylic oxidation sites excluding steroid dienone is 1. The van der Waals surface area contributed by atoms with E-state index in [-0.39, 0.29) is 18.5 Å². The van der Waals surface area contributed by atoms with Gasteiger partial charge in [0.1, 0.15) is 0 Å². The van der Waals surface area contributed by atoms with Crippen LogP contribution in [-0.4, -0.2) is 47.4 Å². The van der Waals surface area contributed by atoms with Crippen molar-refractivity contribution in [2.24, 2.45) is 0 Å². The van der Waals surface area contributed by atoms with Crippen molar-refractivity contribution in [1.29, 1.82) is 0 Å². The highest BCUT2D eigenvalue weighted by atomic mass is 16.5. The summed E-state index contributed by atoms with van der Waals surface area (Å²) in [4.78, 5) is 24.5. The van der Waals surface area contributed by atoms with Crippen molar-refractivity contribution in [2.45, 2.75) is 302 Å². The molecule has 1 amide bonds.